The molecule has 0 radical (unpaired) electrons. The third-order valence-corrected chi connectivity index (χ3v) is 4.62. The van der Waals surface area contributed by atoms with Gasteiger partial charge in [-0.3, -0.25) is 4.79 Å². The average Bonchev–Trinajstić information content (AvgIpc) is 3.20. The van der Waals surface area contributed by atoms with Gasteiger partial charge in [0, 0.05) is 6.42 Å². The Balaban J connectivity index is 1.81. The Kier molecular flexibility index (Phi) is 10.3. The number of allylic oxidation sites excluding steroid dienone is 2. The zero-order chi connectivity index (χ0) is 15.3. The first-order valence-electron chi connectivity index (χ1n) is 9.10. The molecule has 0 amide bonds. The van der Waals surface area contributed by atoms with Crippen LogP contribution in [0.15, 0.2) is 12.2 Å². The van der Waals surface area contributed by atoms with Gasteiger partial charge in [0.15, 0.2) is 0 Å². The van der Waals surface area contributed by atoms with Crippen molar-refractivity contribution in [3.05, 3.63) is 12.2 Å². The Morgan fingerprint density at radius 1 is 0.952 bits per heavy atom. The minimum Gasteiger partial charge on any atom is -0.481 e. The molecule has 122 valence electrons. The first-order chi connectivity index (χ1) is 10.2. The van der Waals surface area contributed by atoms with Crippen molar-refractivity contribution in [1.29, 1.82) is 0 Å². The topological polar surface area (TPSA) is 37.3 Å². The number of carboxylic acid groups (broad SMARTS) is 1. The van der Waals surface area contributed by atoms with Crippen LogP contribution in [-0.4, -0.2) is 11.1 Å². The summed E-state index contributed by atoms with van der Waals surface area (Å²) in [5.41, 5.74) is 0. The SMILES string of the molecule is CCCCCCC1CC1CCCC/C=C/CCCC(=O)O. The molecule has 1 aliphatic carbocycles. The smallest absolute Gasteiger partial charge is 0.303 e. The predicted octanol–water partition coefficient (Wildman–Crippen LogP) is 5.96. The number of hydrogen-bond acceptors (Lipinski definition) is 1. The van der Waals surface area contributed by atoms with E-state index in [1.54, 1.807) is 0 Å². The van der Waals surface area contributed by atoms with E-state index in [0.29, 0.717) is 6.42 Å². The van der Waals surface area contributed by atoms with Crippen LogP contribution < -0.4 is 0 Å². The summed E-state index contributed by atoms with van der Waals surface area (Å²) in [6.45, 7) is 2.28. The molecule has 0 aromatic rings. The summed E-state index contributed by atoms with van der Waals surface area (Å²) in [5, 5.41) is 8.52. The van der Waals surface area contributed by atoms with Gasteiger partial charge in [-0.2, -0.15) is 0 Å². The minimum atomic E-state index is -0.683. The molecule has 1 fully saturated rings. The van der Waals surface area contributed by atoms with Crippen LogP contribution in [0, 0.1) is 11.8 Å². The molecule has 1 rings (SSSR count). The van der Waals surface area contributed by atoms with Crippen molar-refractivity contribution in [2.24, 2.45) is 11.8 Å². The average molecular weight is 294 g/mol. The third-order valence-electron chi connectivity index (χ3n) is 4.62. The van der Waals surface area contributed by atoms with Gasteiger partial charge in [0.1, 0.15) is 0 Å². The summed E-state index contributed by atoms with van der Waals surface area (Å²) in [4.78, 5) is 10.3. The molecule has 0 bridgehead atoms. The molecule has 2 nitrogen and oxygen atoms in total. The highest BCUT2D eigenvalue weighted by atomic mass is 16.4. The summed E-state index contributed by atoms with van der Waals surface area (Å²) < 4.78 is 0. The van der Waals surface area contributed by atoms with Crippen molar-refractivity contribution in [3.63, 3.8) is 0 Å². The lowest BCUT2D eigenvalue weighted by molar-refractivity contribution is -0.137. The fraction of sp³-hybridized carbons (Fsp3) is 0.842. The standard InChI is InChI=1S/C19H34O2/c1-2-3-4-10-13-17-16-18(17)14-11-8-6-5-7-9-12-15-19(20)21/h5,7,17-18H,2-4,6,8-16H2,1H3,(H,20,21)/b7-5+. The maximum absolute atomic E-state index is 10.3. The molecular weight excluding hydrogens is 260 g/mol. The fourth-order valence-corrected chi connectivity index (χ4v) is 3.13. The van der Waals surface area contributed by atoms with Gasteiger partial charge < -0.3 is 5.11 Å². The largest absolute Gasteiger partial charge is 0.481 e. The lowest BCUT2D eigenvalue weighted by atomic mass is 10.1. The van der Waals surface area contributed by atoms with E-state index >= 15 is 0 Å². The van der Waals surface area contributed by atoms with Crippen molar-refractivity contribution < 1.29 is 9.90 Å². The van der Waals surface area contributed by atoms with E-state index in [1.807, 2.05) is 0 Å². The predicted molar refractivity (Wildman–Crippen MR) is 89.5 cm³/mol. The molecule has 2 unspecified atom stereocenters. The lowest BCUT2D eigenvalue weighted by Crippen LogP contribution is -1.92. The Morgan fingerprint density at radius 2 is 1.57 bits per heavy atom. The van der Waals surface area contributed by atoms with E-state index in [1.165, 1.54) is 64.2 Å². The number of unbranched alkanes of at least 4 members (excludes halogenated alkanes) is 6. The highest BCUT2D eigenvalue weighted by Crippen LogP contribution is 2.45. The third kappa shape index (κ3) is 10.6. The van der Waals surface area contributed by atoms with Gasteiger partial charge in [0.25, 0.3) is 0 Å². The van der Waals surface area contributed by atoms with Crippen molar-refractivity contribution in [2.75, 3.05) is 0 Å². The highest BCUT2D eigenvalue weighted by Gasteiger charge is 2.34. The summed E-state index contributed by atoms with van der Waals surface area (Å²) >= 11 is 0. The van der Waals surface area contributed by atoms with E-state index < -0.39 is 5.97 Å². The Labute approximate surface area is 131 Å². The molecule has 2 atom stereocenters. The summed E-state index contributed by atoms with van der Waals surface area (Å²) in [5.74, 6) is 1.43. The summed E-state index contributed by atoms with van der Waals surface area (Å²) in [7, 11) is 0. The van der Waals surface area contributed by atoms with E-state index in [9.17, 15) is 4.79 Å². The van der Waals surface area contributed by atoms with Crippen molar-refractivity contribution in [3.8, 4) is 0 Å². The van der Waals surface area contributed by atoms with Gasteiger partial charge in [0.05, 0.1) is 0 Å². The summed E-state index contributed by atoms with van der Waals surface area (Å²) in [6, 6.07) is 0. The normalized spacial score (nSPS) is 21.0. The quantitative estimate of drug-likeness (QED) is 0.317. The maximum Gasteiger partial charge on any atom is 0.303 e. The summed E-state index contributed by atoms with van der Waals surface area (Å²) in [6.07, 6.45) is 20.3. The van der Waals surface area contributed by atoms with Crippen LogP contribution in [0.2, 0.25) is 0 Å². The lowest BCUT2D eigenvalue weighted by Gasteiger charge is -2.00. The Hall–Kier alpha value is -0.790. The molecule has 2 heteroatoms. The number of aliphatic carboxylic acids is 1. The van der Waals surface area contributed by atoms with E-state index in [4.69, 9.17) is 5.11 Å². The highest BCUT2D eigenvalue weighted by molar-refractivity contribution is 5.66. The molecule has 0 spiro atoms. The zero-order valence-electron chi connectivity index (χ0n) is 13.9. The Bertz CT molecular complexity index is 296. The monoisotopic (exact) mass is 294 g/mol. The van der Waals surface area contributed by atoms with Gasteiger partial charge in [-0.15, -0.1) is 0 Å². The van der Waals surface area contributed by atoms with Crippen LogP contribution in [0.25, 0.3) is 0 Å². The van der Waals surface area contributed by atoms with Crippen molar-refractivity contribution >= 4 is 5.97 Å². The van der Waals surface area contributed by atoms with Gasteiger partial charge in [-0.25, -0.2) is 0 Å². The molecule has 0 saturated heterocycles. The maximum atomic E-state index is 10.3. The first-order valence-corrected chi connectivity index (χ1v) is 9.10. The van der Waals surface area contributed by atoms with Gasteiger partial charge in [0.2, 0.25) is 0 Å². The Morgan fingerprint density at radius 3 is 2.19 bits per heavy atom. The molecule has 21 heavy (non-hydrogen) atoms. The van der Waals surface area contributed by atoms with E-state index in [2.05, 4.69) is 19.1 Å². The second kappa shape index (κ2) is 11.8. The van der Waals surface area contributed by atoms with Crippen LogP contribution in [0.3, 0.4) is 0 Å². The number of carboxylic acids is 1. The minimum absolute atomic E-state index is 0.297. The molecule has 1 saturated carbocycles. The number of hydrogen-bond donors (Lipinski definition) is 1. The van der Waals surface area contributed by atoms with Gasteiger partial charge >= 0.3 is 5.97 Å². The molecule has 0 aromatic heterocycles. The first kappa shape index (κ1) is 18.3. The van der Waals surface area contributed by atoms with Crippen molar-refractivity contribution in [2.45, 2.75) is 90.4 Å². The van der Waals surface area contributed by atoms with Crippen LogP contribution in [0.1, 0.15) is 90.4 Å². The van der Waals surface area contributed by atoms with Gasteiger partial charge in [-0.1, -0.05) is 64.0 Å². The molecule has 0 aromatic carbocycles. The molecule has 1 aliphatic rings. The molecule has 0 heterocycles. The van der Waals surface area contributed by atoms with Crippen LogP contribution in [0.5, 0.6) is 0 Å². The second-order valence-corrected chi connectivity index (χ2v) is 6.65. The molecular formula is C19H34O2. The van der Waals surface area contributed by atoms with Gasteiger partial charge in [-0.05, 0) is 43.9 Å². The zero-order valence-corrected chi connectivity index (χ0v) is 13.9. The number of rotatable bonds is 14. The van der Waals surface area contributed by atoms with Crippen LogP contribution in [0.4, 0.5) is 0 Å². The number of carbonyl (C=O) groups is 1. The van der Waals surface area contributed by atoms with E-state index in [-0.39, 0.29) is 0 Å². The van der Waals surface area contributed by atoms with Crippen LogP contribution in [-0.2, 0) is 4.79 Å². The molecule has 1 N–H and O–H groups in total. The molecule has 0 aliphatic heterocycles. The van der Waals surface area contributed by atoms with E-state index in [0.717, 1.165) is 24.7 Å². The van der Waals surface area contributed by atoms with Crippen LogP contribution >= 0.6 is 0 Å². The van der Waals surface area contributed by atoms with Crippen molar-refractivity contribution in [1.82, 2.24) is 0 Å². The second-order valence-electron chi connectivity index (χ2n) is 6.65. The fourth-order valence-electron chi connectivity index (χ4n) is 3.13.